The molecular formula is C16H20BrN3S. The number of rotatable bonds is 5. The van der Waals surface area contributed by atoms with Crippen molar-refractivity contribution in [3.63, 3.8) is 0 Å². The highest BCUT2D eigenvalue weighted by atomic mass is 79.9. The standard InChI is InChI=1S/C16H20BrN3S/c1-16(2,12-7-8-13(17)21-12)15-19-18-14(9-10-3-4-10)20(15)11-5-6-11/h7-8,10-11H,3-6,9H2,1-2H3. The molecule has 0 aromatic carbocycles. The molecule has 0 atom stereocenters. The Hall–Kier alpha value is -0.680. The molecule has 0 spiro atoms. The second-order valence-electron chi connectivity index (χ2n) is 6.92. The fourth-order valence-corrected chi connectivity index (χ4v) is 4.43. The summed E-state index contributed by atoms with van der Waals surface area (Å²) in [5, 5.41) is 9.18. The Morgan fingerprint density at radius 1 is 1.24 bits per heavy atom. The number of nitrogens with zero attached hydrogens (tertiary/aromatic N) is 3. The molecule has 112 valence electrons. The van der Waals surface area contributed by atoms with Gasteiger partial charge in [-0.15, -0.1) is 21.5 Å². The van der Waals surface area contributed by atoms with Gasteiger partial charge in [0.05, 0.1) is 9.20 Å². The van der Waals surface area contributed by atoms with Gasteiger partial charge >= 0.3 is 0 Å². The molecular weight excluding hydrogens is 346 g/mol. The van der Waals surface area contributed by atoms with Crippen LogP contribution < -0.4 is 0 Å². The van der Waals surface area contributed by atoms with Gasteiger partial charge in [0, 0.05) is 17.3 Å². The van der Waals surface area contributed by atoms with Crippen LogP contribution in [0.25, 0.3) is 0 Å². The number of thiophene rings is 1. The number of hydrogen-bond acceptors (Lipinski definition) is 3. The molecule has 0 unspecified atom stereocenters. The maximum absolute atomic E-state index is 4.62. The van der Waals surface area contributed by atoms with Crippen molar-refractivity contribution >= 4 is 27.3 Å². The lowest BCUT2D eigenvalue weighted by molar-refractivity contribution is 0.529. The summed E-state index contributed by atoms with van der Waals surface area (Å²) in [5.41, 5.74) is -0.0753. The van der Waals surface area contributed by atoms with Crippen LogP contribution in [0.2, 0.25) is 0 Å². The molecule has 5 heteroatoms. The van der Waals surface area contributed by atoms with E-state index in [4.69, 9.17) is 0 Å². The van der Waals surface area contributed by atoms with Gasteiger partial charge in [-0.2, -0.15) is 0 Å². The third kappa shape index (κ3) is 2.59. The van der Waals surface area contributed by atoms with Crippen LogP contribution in [0.1, 0.15) is 62.1 Å². The summed E-state index contributed by atoms with van der Waals surface area (Å²) >= 11 is 5.38. The summed E-state index contributed by atoms with van der Waals surface area (Å²) in [6, 6.07) is 4.98. The van der Waals surface area contributed by atoms with E-state index in [1.807, 2.05) is 0 Å². The number of aromatic nitrogens is 3. The second-order valence-corrected chi connectivity index (χ2v) is 9.38. The largest absolute Gasteiger partial charge is 0.311 e. The average Bonchev–Trinajstić information content (AvgIpc) is 3.35. The summed E-state index contributed by atoms with van der Waals surface area (Å²) in [6.07, 6.45) is 6.43. The van der Waals surface area contributed by atoms with Crippen LogP contribution in [0.3, 0.4) is 0 Å². The summed E-state index contributed by atoms with van der Waals surface area (Å²) in [7, 11) is 0. The van der Waals surface area contributed by atoms with E-state index in [0.717, 1.165) is 18.2 Å². The Kier molecular flexibility index (Phi) is 3.26. The van der Waals surface area contributed by atoms with Crippen molar-refractivity contribution < 1.29 is 0 Å². The Labute approximate surface area is 137 Å². The summed E-state index contributed by atoms with van der Waals surface area (Å²) in [4.78, 5) is 1.35. The average molecular weight is 366 g/mol. The van der Waals surface area contributed by atoms with Gasteiger partial charge < -0.3 is 4.57 Å². The lowest BCUT2D eigenvalue weighted by Crippen LogP contribution is -2.24. The first-order valence-corrected chi connectivity index (χ1v) is 9.36. The molecule has 0 aliphatic heterocycles. The first-order valence-electron chi connectivity index (χ1n) is 7.76. The molecule has 0 N–H and O–H groups in total. The maximum atomic E-state index is 4.62. The Morgan fingerprint density at radius 2 is 2.00 bits per heavy atom. The van der Waals surface area contributed by atoms with Crippen molar-refractivity contribution in [2.45, 2.75) is 57.4 Å². The monoisotopic (exact) mass is 365 g/mol. The molecule has 3 nitrogen and oxygen atoms in total. The van der Waals surface area contributed by atoms with Gasteiger partial charge in [-0.1, -0.05) is 0 Å². The molecule has 2 aliphatic carbocycles. The predicted octanol–water partition coefficient (Wildman–Crippen LogP) is 4.72. The van der Waals surface area contributed by atoms with Crippen LogP contribution in [0.4, 0.5) is 0 Å². The van der Waals surface area contributed by atoms with Gasteiger partial charge in [0.15, 0.2) is 0 Å². The molecule has 21 heavy (non-hydrogen) atoms. The second kappa shape index (κ2) is 4.92. The molecule has 2 fully saturated rings. The van der Waals surface area contributed by atoms with Gasteiger partial charge in [-0.05, 0) is 73.5 Å². The van der Waals surface area contributed by atoms with Gasteiger partial charge in [0.25, 0.3) is 0 Å². The van der Waals surface area contributed by atoms with E-state index in [9.17, 15) is 0 Å². The SMILES string of the molecule is CC(C)(c1ccc(Br)s1)c1nnc(CC2CC2)n1C1CC1. The van der Waals surface area contributed by atoms with E-state index in [1.54, 1.807) is 11.3 Å². The maximum Gasteiger partial charge on any atom is 0.144 e. The highest BCUT2D eigenvalue weighted by molar-refractivity contribution is 9.11. The first-order chi connectivity index (χ1) is 10.1. The Morgan fingerprint density at radius 3 is 2.57 bits per heavy atom. The van der Waals surface area contributed by atoms with Crippen molar-refractivity contribution in [1.82, 2.24) is 14.8 Å². The third-order valence-electron chi connectivity index (χ3n) is 4.59. The predicted molar refractivity (Wildman–Crippen MR) is 88.9 cm³/mol. The molecule has 2 aromatic rings. The van der Waals surface area contributed by atoms with Gasteiger partial charge in [0.1, 0.15) is 11.6 Å². The highest BCUT2D eigenvalue weighted by Crippen LogP contribution is 2.44. The normalized spacial score (nSPS) is 19.2. The fraction of sp³-hybridized carbons (Fsp3) is 0.625. The molecule has 0 radical (unpaired) electrons. The van der Waals surface area contributed by atoms with E-state index < -0.39 is 0 Å². The Bertz CT molecular complexity index is 665. The quantitative estimate of drug-likeness (QED) is 0.767. The van der Waals surface area contributed by atoms with E-state index >= 15 is 0 Å². The smallest absolute Gasteiger partial charge is 0.144 e. The van der Waals surface area contributed by atoms with E-state index in [-0.39, 0.29) is 5.41 Å². The third-order valence-corrected chi connectivity index (χ3v) is 6.54. The van der Waals surface area contributed by atoms with Crippen LogP contribution in [-0.2, 0) is 11.8 Å². The molecule has 4 rings (SSSR count). The zero-order valence-corrected chi connectivity index (χ0v) is 14.9. The van der Waals surface area contributed by atoms with Crippen molar-refractivity contribution in [3.05, 3.63) is 32.4 Å². The van der Waals surface area contributed by atoms with Gasteiger partial charge in [-0.3, -0.25) is 0 Å². The Balaban J connectivity index is 1.74. The summed E-state index contributed by atoms with van der Waals surface area (Å²) in [5.74, 6) is 3.23. The zero-order valence-electron chi connectivity index (χ0n) is 12.5. The van der Waals surface area contributed by atoms with Gasteiger partial charge in [-0.25, -0.2) is 0 Å². The molecule has 2 aliphatic rings. The highest BCUT2D eigenvalue weighted by Gasteiger charge is 2.38. The molecule has 0 amide bonds. The molecule has 0 bridgehead atoms. The molecule has 2 heterocycles. The number of hydrogen-bond donors (Lipinski definition) is 0. The molecule has 2 saturated carbocycles. The minimum absolute atomic E-state index is 0.0753. The van der Waals surface area contributed by atoms with Crippen molar-refractivity contribution in [3.8, 4) is 0 Å². The van der Waals surface area contributed by atoms with Crippen LogP contribution in [0, 0.1) is 5.92 Å². The van der Waals surface area contributed by atoms with Crippen LogP contribution in [-0.4, -0.2) is 14.8 Å². The minimum Gasteiger partial charge on any atom is -0.311 e. The first kappa shape index (κ1) is 13.9. The summed E-state index contributed by atoms with van der Waals surface area (Å²) in [6.45, 7) is 4.55. The summed E-state index contributed by atoms with van der Waals surface area (Å²) < 4.78 is 3.65. The van der Waals surface area contributed by atoms with Gasteiger partial charge in [0.2, 0.25) is 0 Å². The van der Waals surface area contributed by atoms with Crippen LogP contribution >= 0.6 is 27.3 Å². The number of halogens is 1. The van der Waals surface area contributed by atoms with Crippen molar-refractivity contribution in [2.75, 3.05) is 0 Å². The lowest BCUT2D eigenvalue weighted by atomic mass is 9.90. The van der Waals surface area contributed by atoms with E-state index in [2.05, 4.69) is 56.7 Å². The molecule has 2 aromatic heterocycles. The lowest BCUT2D eigenvalue weighted by Gasteiger charge is -2.24. The molecule has 0 saturated heterocycles. The minimum atomic E-state index is -0.0753. The van der Waals surface area contributed by atoms with E-state index in [0.29, 0.717) is 6.04 Å². The fourth-order valence-electron chi connectivity index (χ4n) is 2.95. The van der Waals surface area contributed by atoms with Crippen molar-refractivity contribution in [2.24, 2.45) is 5.92 Å². The van der Waals surface area contributed by atoms with Crippen LogP contribution in [0.5, 0.6) is 0 Å². The topological polar surface area (TPSA) is 30.7 Å². The van der Waals surface area contributed by atoms with E-state index in [1.165, 1.54) is 40.2 Å². The zero-order chi connectivity index (χ0) is 14.6. The van der Waals surface area contributed by atoms with Crippen molar-refractivity contribution in [1.29, 1.82) is 0 Å². The van der Waals surface area contributed by atoms with Crippen LogP contribution in [0.15, 0.2) is 15.9 Å².